The van der Waals surface area contributed by atoms with Gasteiger partial charge in [-0.15, -0.1) is 0 Å². The predicted octanol–water partition coefficient (Wildman–Crippen LogP) is 9.62. The second-order valence-corrected chi connectivity index (χ2v) is 20.2. The van der Waals surface area contributed by atoms with E-state index in [2.05, 4.69) is 10.2 Å². The Morgan fingerprint density at radius 2 is 0.829 bits per heavy atom. The molecule has 0 saturated carbocycles. The topological polar surface area (TPSA) is 205 Å². The van der Waals surface area contributed by atoms with Crippen molar-refractivity contribution in [2.24, 2.45) is 5.73 Å². The van der Waals surface area contributed by atoms with Gasteiger partial charge < -0.3 is 39.5 Å². The summed E-state index contributed by atoms with van der Waals surface area (Å²) in [5.41, 5.74) is 14.1. The van der Waals surface area contributed by atoms with Crippen molar-refractivity contribution < 1.29 is 43.0 Å². The fourth-order valence-corrected chi connectivity index (χ4v) is 10.8. The average Bonchev–Trinajstić information content (AvgIpc) is 3.72. The van der Waals surface area contributed by atoms with Crippen LogP contribution in [0.5, 0.6) is 11.5 Å². The molecule has 5 amide bonds. The van der Waals surface area contributed by atoms with Crippen molar-refractivity contribution in [2.45, 2.75) is 71.5 Å². The van der Waals surface area contributed by atoms with Gasteiger partial charge in [-0.05, 0) is 154 Å². The quantitative estimate of drug-likeness (QED) is 0.0957. The molecule has 6 aromatic carbocycles. The molecule has 0 unspecified atom stereocenters. The standard InChI is InChI=1S/C33H32N4O5.C31H29N5O4/c1-2-41-33(40)30-28-19-21-36(25-13-11-24(12-14-25)35-20-7-6-10-29(35)38)32(39)31(28)37(34-30)26-15-17-27(18-16-26)42-22-23-8-4-3-5-9-23;32-30(38)28-26-17-19-35(23-11-9-22(10-12-23)34-18-5-4-8-27(34)37)31(39)29(26)36(33-28)24-13-15-25(16-14-24)40-20-21-6-2-1-3-7-21/h3-5,8-9,11-18H,2,6-7,10,19-22H2,1H3;1-3,6-7,9-16H,4-5,8,17-20H2,(H2,32,38). The third-order valence-electron chi connectivity index (χ3n) is 15.0. The highest BCUT2D eigenvalue weighted by Gasteiger charge is 2.37. The molecule has 2 aromatic heterocycles. The lowest BCUT2D eigenvalue weighted by Crippen LogP contribution is -2.39. The van der Waals surface area contributed by atoms with Crippen molar-refractivity contribution in [3.05, 3.63) is 203 Å². The van der Waals surface area contributed by atoms with E-state index in [0.29, 0.717) is 122 Å². The average molecular weight is 1100 g/mol. The summed E-state index contributed by atoms with van der Waals surface area (Å²) in [4.78, 5) is 84.6. The highest BCUT2D eigenvalue weighted by molar-refractivity contribution is 6.11. The second-order valence-electron chi connectivity index (χ2n) is 20.2. The summed E-state index contributed by atoms with van der Waals surface area (Å²) in [6.45, 7) is 4.99. The number of nitrogens with two attached hydrogens (primary N) is 1. The van der Waals surface area contributed by atoms with E-state index in [0.717, 1.165) is 48.2 Å². The highest BCUT2D eigenvalue weighted by atomic mass is 16.5. The zero-order valence-corrected chi connectivity index (χ0v) is 45.4. The number of fused-ring (bicyclic) bond motifs is 2. The van der Waals surface area contributed by atoms with Gasteiger partial charge in [-0.1, -0.05) is 60.7 Å². The maximum absolute atomic E-state index is 14.0. The molecule has 0 radical (unpaired) electrons. The van der Waals surface area contributed by atoms with Crippen LogP contribution < -0.4 is 34.8 Å². The number of benzene rings is 6. The molecular formula is C64H61N9O9. The van der Waals surface area contributed by atoms with Crippen LogP contribution in [-0.2, 0) is 40.4 Å². The molecule has 12 rings (SSSR count). The Balaban J connectivity index is 0.000000172. The first-order valence-electron chi connectivity index (χ1n) is 27.7. The smallest absolute Gasteiger partial charge is 0.359 e. The van der Waals surface area contributed by atoms with Crippen LogP contribution in [-0.4, -0.2) is 87.9 Å². The Kier molecular flexibility index (Phi) is 16.0. The number of hydrogen-bond acceptors (Lipinski definition) is 11. The number of carbonyl (C=O) groups is 6. The zero-order chi connectivity index (χ0) is 56.7. The Morgan fingerprint density at radius 3 is 1.22 bits per heavy atom. The van der Waals surface area contributed by atoms with Crippen LogP contribution in [0.2, 0.25) is 0 Å². The van der Waals surface area contributed by atoms with Gasteiger partial charge in [-0.25, -0.2) is 14.2 Å². The molecule has 18 nitrogen and oxygen atoms in total. The molecule has 6 heterocycles. The third kappa shape index (κ3) is 11.5. The summed E-state index contributed by atoms with van der Waals surface area (Å²) < 4.78 is 20.1. The normalized spacial score (nSPS) is 15.1. The SMILES string of the molecule is CCOC(=O)c1nn(-c2ccc(OCc3ccccc3)cc2)c2c1CCN(c1ccc(N3CCCCC3=O)cc1)C2=O.NC(=O)c1nn(-c2ccc(OCc3ccccc3)cc2)c2c1CCN(c1ccc(N3CCCCC3=O)cc1)C2=O. The van der Waals surface area contributed by atoms with Crippen molar-refractivity contribution in [1.29, 1.82) is 0 Å². The fourth-order valence-electron chi connectivity index (χ4n) is 10.8. The van der Waals surface area contributed by atoms with Crippen LogP contribution in [0.25, 0.3) is 11.4 Å². The van der Waals surface area contributed by atoms with Crippen LogP contribution in [0.4, 0.5) is 22.7 Å². The zero-order valence-electron chi connectivity index (χ0n) is 45.4. The summed E-state index contributed by atoms with van der Waals surface area (Å²) in [6, 6.07) is 49.2. The fraction of sp³-hybridized carbons (Fsp3) is 0.250. The molecule has 2 saturated heterocycles. The molecule has 4 aliphatic rings. The summed E-state index contributed by atoms with van der Waals surface area (Å²) in [5.74, 6) is -0.158. The van der Waals surface area contributed by atoms with Crippen LogP contribution in [0.1, 0.15) is 110 Å². The van der Waals surface area contributed by atoms with Gasteiger partial charge in [0.1, 0.15) is 36.1 Å². The molecule has 0 bridgehead atoms. The van der Waals surface area contributed by atoms with E-state index < -0.39 is 11.9 Å². The van der Waals surface area contributed by atoms with Crippen molar-refractivity contribution >= 4 is 58.3 Å². The number of esters is 1. The number of carbonyl (C=O) groups excluding carboxylic acids is 6. The number of ether oxygens (including phenoxy) is 3. The van der Waals surface area contributed by atoms with Gasteiger partial charge in [0.25, 0.3) is 17.7 Å². The lowest BCUT2D eigenvalue weighted by atomic mass is 10.0. The van der Waals surface area contributed by atoms with E-state index in [9.17, 15) is 28.8 Å². The minimum atomic E-state index is -0.672. The highest BCUT2D eigenvalue weighted by Crippen LogP contribution is 2.34. The monoisotopic (exact) mass is 1100 g/mol. The molecular weight excluding hydrogens is 1040 g/mol. The summed E-state index contributed by atoms with van der Waals surface area (Å²) in [6.07, 6.45) is 5.79. The number of anilines is 4. The number of aromatic nitrogens is 4. The largest absolute Gasteiger partial charge is 0.489 e. The minimum Gasteiger partial charge on any atom is -0.489 e. The maximum Gasteiger partial charge on any atom is 0.359 e. The predicted molar refractivity (Wildman–Crippen MR) is 309 cm³/mol. The Bertz CT molecular complexity index is 3640. The number of nitrogens with zero attached hydrogens (tertiary/aromatic N) is 8. The summed E-state index contributed by atoms with van der Waals surface area (Å²) in [7, 11) is 0. The van der Waals surface area contributed by atoms with E-state index in [1.54, 1.807) is 38.7 Å². The molecule has 2 fully saturated rings. The first-order chi connectivity index (χ1) is 40.0. The second kappa shape index (κ2) is 24.3. The third-order valence-corrected chi connectivity index (χ3v) is 15.0. The Labute approximate surface area is 474 Å². The van der Waals surface area contributed by atoms with E-state index in [1.807, 2.05) is 146 Å². The number of rotatable bonds is 15. The molecule has 18 heteroatoms. The number of hydrogen-bond donors (Lipinski definition) is 1. The van der Waals surface area contributed by atoms with Gasteiger partial charge in [0.2, 0.25) is 11.8 Å². The van der Waals surface area contributed by atoms with Gasteiger partial charge >= 0.3 is 5.97 Å². The number of primary amides is 1. The minimum absolute atomic E-state index is 0.103. The van der Waals surface area contributed by atoms with Crippen LogP contribution >= 0.6 is 0 Å². The van der Waals surface area contributed by atoms with Crippen molar-refractivity contribution in [2.75, 3.05) is 52.4 Å². The van der Waals surface area contributed by atoms with Gasteiger partial charge in [0.05, 0.1) is 18.0 Å². The Hall–Kier alpha value is -9.84. The summed E-state index contributed by atoms with van der Waals surface area (Å²) in [5, 5.41) is 9.03. The van der Waals surface area contributed by atoms with Crippen molar-refractivity contribution in [1.82, 2.24) is 19.6 Å². The van der Waals surface area contributed by atoms with Crippen molar-refractivity contribution in [3.8, 4) is 22.9 Å². The maximum atomic E-state index is 14.0. The van der Waals surface area contributed by atoms with E-state index >= 15 is 0 Å². The molecule has 0 atom stereocenters. The molecule has 416 valence electrons. The number of amides is 5. The van der Waals surface area contributed by atoms with Crippen LogP contribution in [0.3, 0.4) is 0 Å². The van der Waals surface area contributed by atoms with E-state index in [-0.39, 0.29) is 41.6 Å². The molecule has 0 spiro atoms. The summed E-state index contributed by atoms with van der Waals surface area (Å²) >= 11 is 0. The lowest BCUT2D eigenvalue weighted by molar-refractivity contribution is -0.120. The molecule has 2 N–H and O–H groups in total. The Morgan fingerprint density at radius 1 is 0.451 bits per heavy atom. The van der Waals surface area contributed by atoms with Gasteiger partial charge in [-0.3, -0.25) is 24.0 Å². The van der Waals surface area contributed by atoms with Gasteiger partial charge in [0.15, 0.2) is 11.4 Å². The molecule has 0 aliphatic carbocycles. The first-order valence-corrected chi connectivity index (χ1v) is 27.7. The van der Waals surface area contributed by atoms with E-state index in [1.165, 1.54) is 9.36 Å². The van der Waals surface area contributed by atoms with Gasteiger partial charge in [-0.2, -0.15) is 10.2 Å². The first kappa shape index (κ1) is 54.1. The van der Waals surface area contributed by atoms with Crippen LogP contribution in [0, 0.1) is 0 Å². The lowest BCUT2D eigenvalue weighted by Gasteiger charge is -2.29. The molecule has 4 aliphatic heterocycles. The van der Waals surface area contributed by atoms with Crippen LogP contribution in [0.15, 0.2) is 158 Å². The molecule has 82 heavy (non-hydrogen) atoms. The molecule has 8 aromatic rings. The van der Waals surface area contributed by atoms with Gasteiger partial charge in [0, 0.05) is 72.9 Å². The van der Waals surface area contributed by atoms with Crippen molar-refractivity contribution in [3.63, 3.8) is 0 Å². The number of piperidine rings is 2. The van der Waals surface area contributed by atoms with E-state index in [4.69, 9.17) is 19.9 Å².